The number of nitrogens with zero attached hydrogens (tertiary/aromatic N) is 3. The lowest BCUT2D eigenvalue weighted by atomic mass is 10.2. The van der Waals surface area contributed by atoms with E-state index in [1.165, 1.54) is 18.2 Å². The van der Waals surface area contributed by atoms with Crippen LogP contribution in [-0.4, -0.2) is 26.8 Å². The fraction of sp³-hybridized carbons (Fsp3) is 0.100. The monoisotopic (exact) mass is 345 g/mol. The number of amides is 1. The van der Waals surface area contributed by atoms with Gasteiger partial charge in [0.05, 0.1) is 10.7 Å². The van der Waals surface area contributed by atoms with Gasteiger partial charge in [0.1, 0.15) is 5.69 Å². The molecule has 0 unspecified atom stereocenters. The van der Waals surface area contributed by atoms with Crippen molar-refractivity contribution in [3.05, 3.63) is 33.3 Å². The van der Waals surface area contributed by atoms with Crippen molar-refractivity contribution in [3.63, 3.8) is 0 Å². The summed E-state index contributed by atoms with van der Waals surface area (Å²) in [5, 5.41) is 21.3. The van der Waals surface area contributed by atoms with Gasteiger partial charge in [0, 0.05) is 11.1 Å². The van der Waals surface area contributed by atoms with Crippen LogP contribution in [0.5, 0.6) is 0 Å². The third-order valence-electron chi connectivity index (χ3n) is 2.18. The lowest BCUT2D eigenvalue weighted by Crippen LogP contribution is -2.15. The molecule has 0 aliphatic carbocycles. The lowest BCUT2D eigenvalue weighted by Gasteiger charge is -2.05. The summed E-state index contributed by atoms with van der Waals surface area (Å²) >= 11 is 8.06. The number of hydrogen-bond donors (Lipinski definition) is 2. The van der Waals surface area contributed by atoms with Crippen LogP contribution in [0.2, 0.25) is 5.02 Å². The van der Waals surface area contributed by atoms with Gasteiger partial charge in [0.15, 0.2) is 4.34 Å². The minimum Gasteiger partial charge on any atom is -0.374 e. The highest BCUT2D eigenvalue weighted by Crippen LogP contribution is 2.28. The van der Waals surface area contributed by atoms with E-state index in [2.05, 4.69) is 15.5 Å². The van der Waals surface area contributed by atoms with Crippen LogP contribution >= 0.6 is 34.7 Å². The SMILES string of the molecule is Nc1nnc(SCC(=O)Nc2cc(Cl)ccc2[N+](=O)[O-])s1. The van der Waals surface area contributed by atoms with Gasteiger partial charge in [0.25, 0.3) is 5.69 Å². The van der Waals surface area contributed by atoms with Crippen LogP contribution in [0.4, 0.5) is 16.5 Å². The van der Waals surface area contributed by atoms with E-state index in [1.807, 2.05) is 0 Å². The first kappa shape index (κ1) is 15.5. The smallest absolute Gasteiger partial charge is 0.292 e. The normalized spacial score (nSPS) is 10.3. The Morgan fingerprint density at radius 2 is 2.29 bits per heavy atom. The Morgan fingerprint density at radius 3 is 2.90 bits per heavy atom. The van der Waals surface area contributed by atoms with Gasteiger partial charge in [-0.05, 0) is 12.1 Å². The number of nitrogens with one attached hydrogen (secondary N) is 1. The molecular weight excluding hydrogens is 338 g/mol. The Bertz CT molecular complexity index is 693. The zero-order valence-corrected chi connectivity index (χ0v) is 12.7. The molecule has 2 aromatic rings. The van der Waals surface area contributed by atoms with Gasteiger partial charge in [-0.15, -0.1) is 10.2 Å². The second-order valence-electron chi connectivity index (χ2n) is 3.66. The number of carbonyl (C=O) groups is 1. The van der Waals surface area contributed by atoms with Crippen molar-refractivity contribution in [2.24, 2.45) is 0 Å². The highest BCUT2D eigenvalue weighted by molar-refractivity contribution is 8.01. The van der Waals surface area contributed by atoms with Crippen LogP contribution in [0.3, 0.4) is 0 Å². The van der Waals surface area contributed by atoms with Gasteiger partial charge in [0.2, 0.25) is 11.0 Å². The first-order valence-electron chi connectivity index (χ1n) is 5.41. The minimum atomic E-state index is -0.593. The van der Waals surface area contributed by atoms with Crippen molar-refractivity contribution in [3.8, 4) is 0 Å². The molecule has 0 fully saturated rings. The summed E-state index contributed by atoms with van der Waals surface area (Å²) in [7, 11) is 0. The highest BCUT2D eigenvalue weighted by atomic mass is 35.5. The third-order valence-corrected chi connectivity index (χ3v) is 4.30. The van der Waals surface area contributed by atoms with Gasteiger partial charge in [-0.25, -0.2) is 0 Å². The fourth-order valence-corrected chi connectivity index (χ4v) is 2.97. The molecular formula is C10H8ClN5O3S2. The number of hydrogen-bond acceptors (Lipinski definition) is 8. The van der Waals surface area contributed by atoms with E-state index >= 15 is 0 Å². The average Bonchev–Trinajstić information content (AvgIpc) is 2.82. The van der Waals surface area contributed by atoms with Crippen LogP contribution in [-0.2, 0) is 4.79 Å². The van der Waals surface area contributed by atoms with E-state index in [1.54, 1.807) is 0 Å². The second-order valence-corrected chi connectivity index (χ2v) is 6.33. The Morgan fingerprint density at radius 1 is 1.52 bits per heavy atom. The molecule has 0 saturated heterocycles. The third kappa shape index (κ3) is 4.28. The molecule has 0 bridgehead atoms. The van der Waals surface area contributed by atoms with Crippen LogP contribution < -0.4 is 11.1 Å². The van der Waals surface area contributed by atoms with Crippen molar-refractivity contribution < 1.29 is 9.72 Å². The van der Waals surface area contributed by atoms with Gasteiger partial charge in [-0.1, -0.05) is 34.7 Å². The second kappa shape index (κ2) is 6.70. The molecule has 2 rings (SSSR count). The number of aromatic nitrogens is 2. The van der Waals surface area contributed by atoms with Crippen LogP contribution in [0, 0.1) is 10.1 Å². The quantitative estimate of drug-likeness (QED) is 0.484. The number of nitrogens with two attached hydrogens (primary N) is 1. The Kier molecular flexibility index (Phi) is 4.94. The summed E-state index contributed by atoms with van der Waals surface area (Å²) in [6.45, 7) is 0. The molecule has 0 aliphatic heterocycles. The van der Waals surface area contributed by atoms with E-state index in [4.69, 9.17) is 17.3 Å². The zero-order chi connectivity index (χ0) is 15.4. The predicted octanol–water partition coefficient (Wildman–Crippen LogP) is 2.41. The average molecular weight is 346 g/mol. The topological polar surface area (TPSA) is 124 Å². The molecule has 0 radical (unpaired) electrons. The standard InChI is InChI=1S/C10H8ClN5O3S2/c11-5-1-2-7(16(18)19)6(3-5)13-8(17)4-20-10-15-14-9(12)21-10/h1-3H,4H2,(H2,12,14)(H,13,17). The van der Waals surface area contributed by atoms with Crippen molar-refractivity contribution in [1.82, 2.24) is 10.2 Å². The van der Waals surface area contributed by atoms with E-state index in [-0.39, 0.29) is 17.1 Å². The van der Waals surface area contributed by atoms with E-state index in [0.29, 0.717) is 14.5 Å². The first-order valence-corrected chi connectivity index (χ1v) is 7.59. The van der Waals surface area contributed by atoms with E-state index < -0.39 is 10.8 Å². The highest BCUT2D eigenvalue weighted by Gasteiger charge is 2.16. The lowest BCUT2D eigenvalue weighted by molar-refractivity contribution is -0.383. The van der Waals surface area contributed by atoms with Gasteiger partial charge < -0.3 is 11.1 Å². The summed E-state index contributed by atoms with van der Waals surface area (Å²) < 4.78 is 0.545. The number of nitro benzene ring substituents is 1. The zero-order valence-electron chi connectivity index (χ0n) is 10.3. The number of thioether (sulfide) groups is 1. The van der Waals surface area contributed by atoms with Gasteiger partial charge in [-0.3, -0.25) is 14.9 Å². The Balaban J connectivity index is 2.02. The molecule has 0 aliphatic rings. The van der Waals surface area contributed by atoms with E-state index in [0.717, 1.165) is 23.1 Å². The Hall–Kier alpha value is -1.91. The summed E-state index contributed by atoms with van der Waals surface area (Å²) in [6.07, 6.45) is 0. The van der Waals surface area contributed by atoms with Gasteiger partial charge in [-0.2, -0.15) is 0 Å². The maximum absolute atomic E-state index is 11.8. The molecule has 0 saturated carbocycles. The molecule has 1 amide bonds. The summed E-state index contributed by atoms with van der Waals surface area (Å²) in [4.78, 5) is 22.1. The molecule has 110 valence electrons. The summed E-state index contributed by atoms with van der Waals surface area (Å²) in [5.41, 5.74) is 5.25. The molecule has 0 spiro atoms. The van der Waals surface area contributed by atoms with Gasteiger partial charge >= 0.3 is 0 Å². The number of benzene rings is 1. The van der Waals surface area contributed by atoms with Crippen molar-refractivity contribution >= 4 is 57.1 Å². The summed E-state index contributed by atoms with van der Waals surface area (Å²) in [6, 6.07) is 3.94. The number of carbonyl (C=O) groups excluding carboxylic acids is 1. The molecule has 3 N–H and O–H groups in total. The van der Waals surface area contributed by atoms with Crippen molar-refractivity contribution in [1.29, 1.82) is 0 Å². The predicted molar refractivity (Wildman–Crippen MR) is 81.8 cm³/mol. The molecule has 1 heterocycles. The molecule has 8 nitrogen and oxygen atoms in total. The summed E-state index contributed by atoms with van der Waals surface area (Å²) in [5.74, 6) is -0.391. The maximum Gasteiger partial charge on any atom is 0.292 e. The molecule has 11 heteroatoms. The molecule has 21 heavy (non-hydrogen) atoms. The largest absolute Gasteiger partial charge is 0.374 e. The van der Waals surface area contributed by atoms with Crippen LogP contribution in [0.15, 0.2) is 22.5 Å². The molecule has 1 aromatic heterocycles. The maximum atomic E-state index is 11.8. The minimum absolute atomic E-state index is 0.0261. The number of halogens is 1. The van der Waals surface area contributed by atoms with E-state index in [9.17, 15) is 14.9 Å². The number of nitrogen functional groups attached to an aromatic ring is 1. The Labute approximate surface area is 131 Å². The van der Waals surface area contributed by atoms with Crippen LogP contribution in [0.1, 0.15) is 0 Å². The van der Waals surface area contributed by atoms with Crippen molar-refractivity contribution in [2.45, 2.75) is 4.34 Å². The molecule has 0 atom stereocenters. The number of nitro groups is 1. The molecule has 1 aromatic carbocycles. The number of rotatable bonds is 5. The first-order chi connectivity index (χ1) is 9.95. The van der Waals surface area contributed by atoms with Crippen LogP contribution in [0.25, 0.3) is 0 Å². The van der Waals surface area contributed by atoms with Crippen molar-refractivity contribution in [2.75, 3.05) is 16.8 Å². The fourth-order valence-electron chi connectivity index (χ4n) is 1.36. The number of anilines is 2.